The number of amides is 1. The van der Waals surface area contributed by atoms with Crippen LogP contribution >= 0.6 is 0 Å². The summed E-state index contributed by atoms with van der Waals surface area (Å²) in [6, 6.07) is 0.339. The average molecular weight is 209 g/mol. The Bertz CT molecular complexity index is 309. The van der Waals surface area contributed by atoms with Gasteiger partial charge >= 0.3 is 0 Å². The molecule has 1 amide bonds. The molecule has 1 aliphatic rings. The van der Waals surface area contributed by atoms with Gasteiger partial charge in [-0.25, -0.2) is 0 Å². The zero-order chi connectivity index (χ0) is 11.3. The summed E-state index contributed by atoms with van der Waals surface area (Å²) in [5.41, 5.74) is 1.16. The van der Waals surface area contributed by atoms with E-state index >= 15 is 0 Å². The molecule has 2 rings (SSSR count). The molecule has 0 aromatic carbocycles. The number of aryl methyl sites for hydroxylation is 1. The van der Waals surface area contributed by atoms with Crippen LogP contribution in [-0.4, -0.2) is 22.2 Å². The summed E-state index contributed by atoms with van der Waals surface area (Å²) in [6.45, 7) is 6.73. The first-order valence-electron chi connectivity index (χ1n) is 5.53. The molecule has 1 aliphatic heterocycles. The summed E-state index contributed by atoms with van der Waals surface area (Å²) >= 11 is 0. The van der Waals surface area contributed by atoms with Crippen molar-refractivity contribution in [2.75, 3.05) is 6.54 Å². The lowest BCUT2D eigenvalue weighted by molar-refractivity contribution is -0.122. The molecule has 1 aromatic heterocycles. The Kier molecular flexibility index (Phi) is 4.34. The van der Waals surface area contributed by atoms with Crippen LogP contribution in [0.5, 0.6) is 0 Å². The Morgan fingerprint density at radius 3 is 2.73 bits per heavy atom. The molecule has 0 spiro atoms. The molecule has 1 N–H and O–H groups in total. The third kappa shape index (κ3) is 3.08. The van der Waals surface area contributed by atoms with Crippen LogP contribution in [0.3, 0.4) is 0 Å². The molecule has 2 heterocycles. The molecule has 4 heteroatoms. The zero-order valence-corrected chi connectivity index (χ0v) is 9.66. The van der Waals surface area contributed by atoms with Gasteiger partial charge in [-0.05, 0) is 18.9 Å². The van der Waals surface area contributed by atoms with Crippen molar-refractivity contribution in [3.05, 3.63) is 18.0 Å². The van der Waals surface area contributed by atoms with Crippen molar-refractivity contribution in [1.29, 1.82) is 0 Å². The fourth-order valence-corrected chi connectivity index (χ4v) is 1.58. The number of nitrogens with one attached hydrogen (secondary N) is 1. The van der Waals surface area contributed by atoms with E-state index in [4.69, 9.17) is 0 Å². The first-order valence-corrected chi connectivity index (χ1v) is 5.53. The van der Waals surface area contributed by atoms with E-state index in [0.29, 0.717) is 19.0 Å². The van der Waals surface area contributed by atoms with Gasteiger partial charge in [0, 0.05) is 19.2 Å². The molecular weight excluding hydrogens is 190 g/mol. The van der Waals surface area contributed by atoms with Crippen LogP contribution in [0.1, 0.15) is 38.3 Å². The van der Waals surface area contributed by atoms with Gasteiger partial charge in [-0.15, -0.1) is 0 Å². The van der Waals surface area contributed by atoms with Crippen molar-refractivity contribution in [3.63, 3.8) is 0 Å². The second kappa shape index (κ2) is 5.53. The molecular formula is C11H19N3O. The van der Waals surface area contributed by atoms with E-state index in [9.17, 15) is 4.79 Å². The fourth-order valence-electron chi connectivity index (χ4n) is 1.58. The topological polar surface area (TPSA) is 46.9 Å². The molecule has 1 atom stereocenters. The number of hydrogen-bond donors (Lipinski definition) is 1. The summed E-state index contributed by atoms with van der Waals surface area (Å²) in [5, 5.41) is 7.07. The van der Waals surface area contributed by atoms with E-state index in [2.05, 4.69) is 10.4 Å². The normalized spacial score (nSPS) is 20.2. The second-order valence-corrected chi connectivity index (χ2v) is 3.49. The first kappa shape index (κ1) is 11.8. The van der Waals surface area contributed by atoms with Crippen LogP contribution in [0.4, 0.5) is 0 Å². The van der Waals surface area contributed by atoms with Crippen LogP contribution in [0, 0.1) is 6.92 Å². The Morgan fingerprint density at radius 1 is 1.53 bits per heavy atom. The van der Waals surface area contributed by atoms with Crippen LogP contribution in [0.15, 0.2) is 12.4 Å². The second-order valence-electron chi connectivity index (χ2n) is 3.49. The van der Waals surface area contributed by atoms with Gasteiger partial charge < -0.3 is 5.32 Å². The molecule has 84 valence electrons. The number of aromatic nitrogens is 2. The average Bonchev–Trinajstić information content (AvgIpc) is 2.69. The number of hydrogen-bond acceptors (Lipinski definition) is 2. The van der Waals surface area contributed by atoms with Crippen molar-refractivity contribution in [1.82, 2.24) is 15.1 Å². The van der Waals surface area contributed by atoms with Crippen molar-refractivity contribution in [2.24, 2.45) is 0 Å². The summed E-state index contributed by atoms with van der Waals surface area (Å²) < 4.78 is 1.94. The summed E-state index contributed by atoms with van der Waals surface area (Å²) in [6.07, 6.45) is 5.37. The zero-order valence-electron chi connectivity index (χ0n) is 9.66. The minimum atomic E-state index is 0.153. The molecule has 0 bridgehead atoms. The largest absolute Gasteiger partial charge is 0.354 e. The van der Waals surface area contributed by atoms with Crippen molar-refractivity contribution < 1.29 is 4.79 Å². The summed E-state index contributed by atoms with van der Waals surface area (Å²) in [4.78, 5) is 10.9. The van der Waals surface area contributed by atoms with Gasteiger partial charge in [-0.3, -0.25) is 9.48 Å². The minimum Gasteiger partial charge on any atom is -0.354 e. The molecule has 0 saturated carbocycles. The highest BCUT2D eigenvalue weighted by Crippen LogP contribution is 2.16. The maximum Gasteiger partial charge on any atom is 0.220 e. The van der Waals surface area contributed by atoms with E-state index in [1.165, 1.54) is 0 Å². The molecule has 0 aliphatic carbocycles. The lowest BCUT2D eigenvalue weighted by Gasteiger charge is -2.22. The maximum atomic E-state index is 10.9. The molecule has 1 fully saturated rings. The number of nitrogens with zero attached hydrogens (tertiary/aromatic N) is 2. The summed E-state index contributed by atoms with van der Waals surface area (Å²) in [5.74, 6) is 0.153. The van der Waals surface area contributed by atoms with Crippen molar-refractivity contribution in [2.45, 2.75) is 39.7 Å². The van der Waals surface area contributed by atoms with Gasteiger partial charge in [0.05, 0.1) is 12.2 Å². The van der Waals surface area contributed by atoms with Gasteiger partial charge in [-0.1, -0.05) is 13.8 Å². The van der Waals surface area contributed by atoms with Crippen molar-refractivity contribution in [3.8, 4) is 0 Å². The van der Waals surface area contributed by atoms with Gasteiger partial charge in [0.15, 0.2) is 0 Å². The third-order valence-electron chi connectivity index (χ3n) is 2.34. The fraction of sp³-hybridized carbons (Fsp3) is 0.636. The highest BCUT2D eigenvalue weighted by Gasteiger charge is 2.19. The van der Waals surface area contributed by atoms with E-state index < -0.39 is 0 Å². The number of carbonyl (C=O) groups is 1. The van der Waals surface area contributed by atoms with E-state index in [0.717, 1.165) is 12.0 Å². The van der Waals surface area contributed by atoms with Crippen LogP contribution in [0.2, 0.25) is 0 Å². The monoisotopic (exact) mass is 209 g/mol. The third-order valence-corrected chi connectivity index (χ3v) is 2.34. The van der Waals surface area contributed by atoms with Gasteiger partial charge in [-0.2, -0.15) is 5.10 Å². The lowest BCUT2D eigenvalue weighted by Crippen LogP contribution is -2.36. The molecule has 1 unspecified atom stereocenters. The molecule has 1 aromatic rings. The predicted octanol–water partition coefficient (Wildman–Crippen LogP) is 1.67. The van der Waals surface area contributed by atoms with Gasteiger partial charge in [0.1, 0.15) is 0 Å². The lowest BCUT2D eigenvalue weighted by atomic mass is 10.1. The van der Waals surface area contributed by atoms with Crippen LogP contribution < -0.4 is 5.32 Å². The summed E-state index contributed by atoms with van der Waals surface area (Å²) in [7, 11) is 0. The van der Waals surface area contributed by atoms with Crippen molar-refractivity contribution >= 4 is 5.91 Å². The SMILES string of the molecule is CC.Cc1cnn(C2CCC(=O)NC2)c1. The predicted molar refractivity (Wildman–Crippen MR) is 59.6 cm³/mol. The van der Waals surface area contributed by atoms with Gasteiger partial charge in [0.25, 0.3) is 0 Å². The van der Waals surface area contributed by atoms with Crippen LogP contribution in [0.25, 0.3) is 0 Å². The number of rotatable bonds is 1. The Morgan fingerprint density at radius 2 is 2.27 bits per heavy atom. The maximum absolute atomic E-state index is 10.9. The number of carbonyl (C=O) groups excluding carboxylic acids is 1. The Hall–Kier alpha value is -1.32. The highest BCUT2D eigenvalue weighted by atomic mass is 16.1. The van der Waals surface area contributed by atoms with E-state index in [1.807, 2.05) is 37.8 Å². The molecule has 15 heavy (non-hydrogen) atoms. The molecule has 1 saturated heterocycles. The molecule has 4 nitrogen and oxygen atoms in total. The smallest absolute Gasteiger partial charge is 0.220 e. The van der Waals surface area contributed by atoms with E-state index in [-0.39, 0.29) is 5.91 Å². The minimum absolute atomic E-state index is 0.153. The quantitative estimate of drug-likeness (QED) is 0.764. The van der Waals surface area contributed by atoms with Crippen LogP contribution in [-0.2, 0) is 4.79 Å². The molecule has 0 radical (unpaired) electrons. The van der Waals surface area contributed by atoms with E-state index in [1.54, 1.807) is 0 Å². The standard InChI is InChI=1S/C9H13N3O.C2H6/c1-7-4-11-12(6-7)8-2-3-9(13)10-5-8;1-2/h4,6,8H,2-3,5H2,1H3,(H,10,13);1-2H3. The Labute approximate surface area is 90.7 Å². The first-order chi connectivity index (χ1) is 7.25. The van der Waals surface area contributed by atoms with Gasteiger partial charge in [0.2, 0.25) is 5.91 Å². The highest BCUT2D eigenvalue weighted by molar-refractivity contribution is 5.76. The Balaban J connectivity index is 0.000000531. The number of piperidine rings is 1.